The summed E-state index contributed by atoms with van der Waals surface area (Å²) in [5.74, 6) is 2.59. The molecule has 0 aromatic heterocycles. The number of rotatable bonds is 7. The molecule has 0 unspecified atom stereocenters. The quantitative estimate of drug-likeness (QED) is 0.244. The van der Waals surface area contributed by atoms with Gasteiger partial charge in [-0.2, -0.15) is 0 Å². The highest BCUT2D eigenvalue weighted by Gasteiger charge is 2.69. The number of carbonyl (C=O) groups is 1. The van der Waals surface area contributed by atoms with Gasteiger partial charge >= 0.3 is 5.97 Å². The van der Waals surface area contributed by atoms with Crippen molar-refractivity contribution in [1.82, 2.24) is 0 Å². The van der Waals surface area contributed by atoms with E-state index in [1.807, 2.05) is 18.2 Å². The van der Waals surface area contributed by atoms with Crippen molar-refractivity contribution in [3.8, 4) is 11.5 Å². The number of aliphatic hydroxyl groups is 1. The first-order chi connectivity index (χ1) is 21.0. The van der Waals surface area contributed by atoms with Crippen LogP contribution in [0.25, 0.3) is 0 Å². The van der Waals surface area contributed by atoms with Crippen LogP contribution >= 0.6 is 0 Å². The third kappa shape index (κ3) is 5.46. The number of carbonyl (C=O) groups excluding carboxylic acids is 1. The number of hydrogen-bond donors (Lipinski definition) is 1. The third-order valence-electron chi connectivity index (χ3n) is 13.6. The largest absolute Gasteiger partial charge is 0.543 e. The summed E-state index contributed by atoms with van der Waals surface area (Å²) in [6.07, 6.45) is 7.65. The lowest BCUT2D eigenvalue weighted by molar-refractivity contribution is -0.256. The van der Waals surface area contributed by atoms with Gasteiger partial charge in [0.25, 0.3) is 0 Å². The average molecular weight is 633 g/mol. The molecule has 2 aromatic rings. The SMILES string of the molecule is CC(C)(C)[Si](C)(C)Oc1ccc(OCc2ccccc2)c(C[C@H]2[C@]3(C)CC[C@@H]4[C@]5(CCC[C@@]4(C)C(=O)OC5)[C@H]3CC[C@]2(C)O)c1. The van der Waals surface area contributed by atoms with E-state index in [0.717, 1.165) is 74.0 Å². The van der Waals surface area contributed by atoms with Crippen molar-refractivity contribution < 1.29 is 23.8 Å². The summed E-state index contributed by atoms with van der Waals surface area (Å²) in [4.78, 5) is 13.1. The number of ether oxygens (including phenoxy) is 2. The van der Waals surface area contributed by atoms with Crippen LogP contribution in [0.3, 0.4) is 0 Å². The van der Waals surface area contributed by atoms with Crippen LogP contribution in [-0.4, -0.2) is 31.6 Å². The maximum atomic E-state index is 13.1. The Balaban J connectivity index is 1.37. The van der Waals surface area contributed by atoms with Crippen molar-refractivity contribution in [3.63, 3.8) is 0 Å². The van der Waals surface area contributed by atoms with Gasteiger partial charge in [0.1, 0.15) is 18.1 Å². The summed E-state index contributed by atoms with van der Waals surface area (Å²) in [7, 11) is -2.06. The summed E-state index contributed by atoms with van der Waals surface area (Å²) in [6.45, 7) is 19.1. The Morgan fingerprint density at radius 2 is 1.67 bits per heavy atom. The maximum absolute atomic E-state index is 13.1. The van der Waals surface area contributed by atoms with Gasteiger partial charge in [-0.3, -0.25) is 4.79 Å². The van der Waals surface area contributed by atoms with Gasteiger partial charge in [-0.25, -0.2) is 0 Å². The summed E-state index contributed by atoms with van der Waals surface area (Å²) in [6, 6.07) is 16.7. The molecule has 3 saturated carbocycles. The van der Waals surface area contributed by atoms with Crippen molar-refractivity contribution >= 4 is 14.3 Å². The Morgan fingerprint density at radius 3 is 2.38 bits per heavy atom. The Labute approximate surface area is 272 Å². The van der Waals surface area contributed by atoms with Crippen LogP contribution in [0.15, 0.2) is 48.5 Å². The van der Waals surface area contributed by atoms with Gasteiger partial charge in [-0.15, -0.1) is 0 Å². The molecule has 0 amide bonds. The van der Waals surface area contributed by atoms with E-state index in [1.165, 1.54) is 0 Å². The third-order valence-corrected chi connectivity index (χ3v) is 17.9. The van der Waals surface area contributed by atoms with E-state index in [0.29, 0.717) is 25.0 Å². The molecule has 5 nitrogen and oxygen atoms in total. The molecule has 4 aliphatic rings. The van der Waals surface area contributed by atoms with E-state index in [-0.39, 0.29) is 33.2 Å². The highest BCUT2D eigenvalue weighted by atomic mass is 28.4. The minimum absolute atomic E-state index is 0.00257. The summed E-state index contributed by atoms with van der Waals surface area (Å²) in [5, 5.41) is 12.3. The molecule has 4 fully saturated rings. The molecule has 0 spiro atoms. The minimum Gasteiger partial charge on any atom is -0.543 e. The Bertz CT molecular complexity index is 1410. The van der Waals surface area contributed by atoms with Gasteiger partial charge in [0.15, 0.2) is 0 Å². The zero-order valence-electron chi connectivity index (χ0n) is 29.0. The Kier molecular flexibility index (Phi) is 8.08. The molecule has 7 atom stereocenters. The fraction of sp³-hybridized carbons (Fsp3) is 0.667. The van der Waals surface area contributed by atoms with E-state index in [1.54, 1.807) is 0 Å². The maximum Gasteiger partial charge on any atom is 0.312 e. The van der Waals surface area contributed by atoms with Gasteiger partial charge < -0.3 is 19.0 Å². The molecule has 246 valence electrons. The number of fused-ring (bicyclic) bond motifs is 1. The number of cyclic esters (lactones) is 1. The molecule has 1 aliphatic heterocycles. The van der Waals surface area contributed by atoms with Crippen molar-refractivity contribution in [1.29, 1.82) is 0 Å². The average Bonchev–Trinajstić information content (AvgIpc) is 2.96. The van der Waals surface area contributed by atoms with Gasteiger partial charge in [0.05, 0.1) is 17.6 Å². The monoisotopic (exact) mass is 632 g/mol. The molecule has 2 aromatic carbocycles. The van der Waals surface area contributed by atoms with E-state index < -0.39 is 13.9 Å². The van der Waals surface area contributed by atoms with Crippen LogP contribution in [0.1, 0.15) is 97.6 Å². The molecule has 1 heterocycles. The summed E-state index contributed by atoms with van der Waals surface area (Å²) in [5.41, 5.74) is 0.964. The predicted molar refractivity (Wildman–Crippen MR) is 182 cm³/mol. The molecule has 3 aliphatic carbocycles. The molecule has 1 N–H and O–H groups in total. The van der Waals surface area contributed by atoms with Crippen molar-refractivity contribution in [3.05, 3.63) is 59.7 Å². The van der Waals surface area contributed by atoms with Crippen LogP contribution in [0.5, 0.6) is 11.5 Å². The molecule has 6 heteroatoms. The minimum atomic E-state index is -2.06. The second kappa shape index (κ2) is 11.1. The van der Waals surface area contributed by atoms with Crippen LogP contribution in [-0.2, 0) is 22.6 Å². The zero-order valence-corrected chi connectivity index (χ0v) is 30.0. The van der Waals surface area contributed by atoms with E-state index >= 15 is 0 Å². The molecule has 45 heavy (non-hydrogen) atoms. The smallest absolute Gasteiger partial charge is 0.312 e. The molecule has 6 rings (SSSR count). The highest BCUT2D eigenvalue weighted by molar-refractivity contribution is 6.74. The first kappa shape index (κ1) is 32.6. The number of hydrogen-bond acceptors (Lipinski definition) is 5. The second-order valence-corrected chi connectivity index (χ2v) is 22.0. The lowest BCUT2D eigenvalue weighted by atomic mass is 9.37. The van der Waals surface area contributed by atoms with Crippen molar-refractivity contribution in [2.45, 2.75) is 123 Å². The standard InChI is InChI=1S/C39H56O5Si/c1-35(2,3)45(7,8)44-29-15-16-30(42-25-27-13-10-9-11-14-27)28(23-29)24-33-36(4)21-17-32-37(5)19-12-20-39(32,26-43-34(37)40)31(36)18-22-38(33,6)41/h9-11,13-16,23,31-33,41H,12,17-22,24-26H2,1-8H3/t31-,32-,33-,36+,37+,38-,39-/m0/s1. The van der Waals surface area contributed by atoms with E-state index in [2.05, 4.69) is 85.0 Å². The van der Waals surface area contributed by atoms with E-state index in [4.69, 9.17) is 13.9 Å². The van der Waals surface area contributed by atoms with Gasteiger partial charge in [0, 0.05) is 5.41 Å². The van der Waals surface area contributed by atoms with Crippen LogP contribution in [0, 0.1) is 34.0 Å². The first-order valence-corrected chi connectivity index (χ1v) is 20.3. The fourth-order valence-corrected chi connectivity index (χ4v) is 11.1. The van der Waals surface area contributed by atoms with Crippen LogP contribution < -0.4 is 9.16 Å². The Hall–Kier alpha value is -2.31. The molecule has 2 bridgehead atoms. The van der Waals surface area contributed by atoms with E-state index in [9.17, 15) is 9.90 Å². The van der Waals surface area contributed by atoms with Crippen molar-refractivity contribution in [2.75, 3.05) is 6.61 Å². The predicted octanol–water partition coefficient (Wildman–Crippen LogP) is 9.12. The summed E-state index contributed by atoms with van der Waals surface area (Å²) < 4.78 is 19.4. The number of esters is 1. The normalized spacial score (nSPS) is 36.4. The highest BCUT2D eigenvalue weighted by Crippen LogP contribution is 2.71. The zero-order chi connectivity index (χ0) is 32.5. The summed E-state index contributed by atoms with van der Waals surface area (Å²) >= 11 is 0. The molecular weight excluding hydrogens is 577 g/mol. The van der Waals surface area contributed by atoms with Gasteiger partial charge in [-0.1, -0.05) is 64.4 Å². The van der Waals surface area contributed by atoms with Crippen LogP contribution in [0.4, 0.5) is 0 Å². The van der Waals surface area contributed by atoms with Crippen LogP contribution in [0.2, 0.25) is 18.1 Å². The fourth-order valence-electron chi connectivity index (χ4n) is 10.1. The first-order valence-electron chi connectivity index (χ1n) is 17.4. The number of benzene rings is 2. The topological polar surface area (TPSA) is 65.0 Å². The van der Waals surface area contributed by atoms with Crippen molar-refractivity contribution in [2.24, 2.45) is 34.0 Å². The lowest BCUT2D eigenvalue weighted by Crippen LogP contribution is -2.68. The second-order valence-electron chi connectivity index (χ2n) is 17.3. The molecular formula is C39H56O5Si. The Morgan fingerprint density at radius 1 is 0.956 bits per heavy atom. The molecule has 0 radical (unpaired) electrons. The lowest BCUT2D eigenvalue weighted by Gasteiger charge is -2.69. The molecule has 1 saturated heterocycles. The van der Waals surface area contributed by atoms with Gasteiger partial charge in [0.2, 0.25) is 8.32 Å². The van der Waals surface area contributed by atoms with Gasteiger partial charge in [-0.05, 0) is 129 Å².